The Bertz CT molecular complexity index is 473. The van der Waals surface area contributed by atoms with E-state index < -0.39 is 12.5 Å². The van der Waals surface area contributed by atoms with Crippen LogP contribution < -0.4 is 4.74 Å². The van der Waals surface area contributed by atoms with Gasteiger partial charge in [-0.2, -0.15) is 0 Å². The summed E-state index contributed by atoms with van der Waals surface area (Å²) in [5.41, 5.74) is 0.272. The number of benzene rings is 1. The smallest absolute Gasteiger partial charge is 0.406 e. The van der Waals surface area contributed by atoms with Gasteiger partial charge in [0.1, 0.15) is 5.75 Å². The van der Waals surface area contributed by atoms with Gasteiger partial charge in [-0.3, -0.25) is 4.79 Å². The standard InChI is InChI=1S/C13H14F3NO3/c14-13(15,16)20-11-5-3-9(4-6-11)12(19)17-7-1-2-10(18)8-17/h3-6,10,18H,1-2,7-8H2. The van der Waals surface area contributed by atoms with Gasteiger partial charge in [0.05, 0.1) is 6.10 Å². The van der Waals surface area contributed by atoms with Crippen molar-refractivity contribution in [2.75, 3.05) is 13.1 Å². The van der Waals surface area contributed by atoms with Gasteiger partial charge in [-0.25, -0.2) is 0 Å². The molecule has 0 radical (unpaired) electrons. The van der Waals surface area contributed by atoms with Crippen molar-refractivity contribution < 1.29 is 27.8 Å². The second kappa shape index (κ2) is 5.70. The van der Waals surface area contributed by atoms with Gasteiger partial charge in [-0.1, -0.05) is 0 Å². The van der Waals surface area contributed by atoms with Gasteiger partial charge in [0.15, 0.2) is 0 Å². The number of piperidine rings is 1. The molecule has 1 amide bonds. The lowest BCUT2D eigenvalue weighted by Crippen LogP contribution is -2.42. The highest BCUT2D eigenvalue weighted by atomic mass is 19.4. The molecule has 0 aromatic heterocycles. The van der Waals surface area contributed by atoms with E-state index in [2.05, 4.69) is 4.74 Å². The lowest BCUT2D eigenvalue weighted by Gasteiger charge is -2.30. The van der Waals surface area contributed by atoms with Gasteiger partial charge < -0.3 is 14.7 Å². The Morgan fingerprint density at radius 1 is 1.30 bits per heavy atom. The van der Waals surface area contributed by atoms with Crippen molar-refractivity contribution in [3.63, 3.8) is 0 Å². The molecule has 1 heterocycles. The van der Waals surface area contributed by atoms with E-state index >= 15 is 0 Å². The molecule has 0 saturated carbocycles. The van der Waals surface area contributed by atoms with Crippen LogP contribution in [0.15, 0.2) is 24.3 Å². The predicted octanol–water partition coefficient (Wildman–Crippen LogP) is 2.18. The molecule has 1 aromatic rings. The van der Waals surface area contributed by atoms with Crippen LogP contribution in [0.3, 0.4) is 0 Å². The zero-order valence-electron chi connectivity index (χ0n) is 10.6. The van der Waals surface area contributed by atoms with Crippen LogP contribution in [-0.2, 0) is 0 Å². The van der Waals surface area contributed by atoms with Crippen LogP contribution in [0.25, 0.3) is 0 Å². The number of halogens is 3. The number of carbonyl (C=O) groups excluding carboxylic acids is 1. The minimum atomic E-state index is -4.75. The van der Waals surface area contributed by atoms with E-state index in [0.29, 0.717) is 19.4 Å². The van der Waals surface area contributed by atoms with E-state index in [0.717, 1.165) is 12.1 Å². The summed E-state index contributed by atoms with van der Waals surface area (Å²) in [5.74, 6) is -0.671. The third-order valence-electron chi connectivity index (χ3n) is 3.02. The van der Waals surface area contributed by atoms with Crippen LogP contribution in [0.1, 0.15) is 23.2 Å². The molecule has 0 bridgehead atoms. The molecule has 1 unspecified atom stereocenters. The Morgan fingerprint density at radius 3 is 2.50 bits per heavy atom. The number of rotatable bonds is 2. The fourth-order valence-corrected chi connectivity index (χ4v) is 2.12. The quantitative estimate of drug-likeness (QED) is 0.908. The number of aliphatic hydroxyl groups is 1. The molecule has 1 N–H and O–H groups in total. The number of amides is 1. The van der Waals surface area contributed by atoms with E-state index in [-0.39, 0.29) is 23.8 Å². The molecular weight excluding hydrogens is 275 g/mol. The zero-order valence-corrected chi connectivity index (χ0v) is 10.6. The SMILES string of the molecule is O=C(c1ccc(OC(F)(F)F)cc1)N1CCCC(O)C1. The van der Waals surface area contributed by atoms with Crippen molar-refractivity contribution in [3.05, 3.63) is 29.8 Å². The first-order valence-electron chi connectivity index (χ1n) is 6.18. The molecule has 1 aromatic carbocycles. The topological polar surface area (TPSA) is 49.8 Å². The molecule has 20 heavy (non-hydrogen) atoms. The number of ether oxygens (including phenoxy) is 1. The Labute approximate surface area is 113 Å². The Kier molecular flexibility index (Phi) is 4.17. The lowest BCUT2D eigenvalue weighted by molar-refractivity contribution is -0.274. The number of hydrogen-bond donors (Lipinski definition) is 1. The van der Waals surface area contributed by atoms with Crippen LogP contribution in [0.5, 0.6) is 5.75 Å². The van der Waals surface area contributed by atoms with Gasteiger partial charge >= 0.3 is 6.36 Å². The molecule has 7 heteroatoms. The summed E-state index contributed by atoms with van der Waals surface area (Å²) in [6.45, 7) is 0.788. The molecule has 2 rings (SSSR count). The van der Waals surface area contributed by atoms with Crippen molar-refractivity contribution in [2.45, 2.75) is 25.3 Å². The molecule has 1 fully saturated rings. The maximum atomic E-state index is 12.1. The number of aliphatic hydroxyl groups excluding tert-OH is 1. The number of alkyl halides is 3. The minimum Gasteiger partial charge on any atom is -0.406 e. The summed E-state index contributed by atoms with van der Waals surface area (Å²) in [5, 5.41) is 9.51. The zero-order chi connectivity index (χ0) is 14.8. The lowest BCUT2D eigenvalue weighted by atomic mass is 10.1. The highest BCUT2D eigenvalue weighted by Crippen LogP contribution is 2.23. The maximum Gasteiger partial charge on any atom is 0.573 e. The van der Waals surface area contributed by atoms with Crippen LogP contribution in [0.2, 0.25) is 0 Å². The largest absolute Gasteiger partial charge is 0.573 e. The summed E-state index contributed by atoms with van der Waals surface area (Å²) in [7, 11) is 0. The molecule has 1 saturated heterocycles. The van der Waals surface area contributed by atoms with Gasteiger partial charge in [0.25, 0.3) is 5.91 Å². The Hall–Kier alpha value is -1.76. The van der Waals surface area contributed by atoms with Gasteiger partial charge in [0, 0.05) is 18.7 Å². The normalized spacial score (nSPS) is 19.8. The molecule has 4 nitrogen and oxygen atoms in total. The average molecular weight is 289 g/mol. The number of carbonyl (C=O) groups is 1. The van der Waals surface area contributed by atoms with E-state index in [4.69, 9.17) is 0 Å². The molecule has 0 spiro atoms. The third kappa shape index (κ3) is 3.86. The van der Waals surface area contributed by atoms with Gasteiger partial charge in [-0.05, 0) is 37.1 Å². The van der Waals surface area contributed by atoms with Crippen LogP contribution in [0, 0.1) is 0 Å². The molecular formula is C13H14F3NO3. The number of β-amino-alcohol motifs (C(OH)–C–C–N with tert-alkyl or cyclic N) is 1. The van der Waals surface area contributed by atoms with Crippen molar-refractivity contribution in [2.24, 2.45) is 0 Å². The van der Waals surface area contributed by atoms with Crippen molar-refractivity contribution >= 4 is 5.91 Å². The van der Waals surface area contributed by atoms with E-state index in [1.165, 1.54) is 17.0 Å². The first kappa shape index (κ1) is 14.6. The second-order valence-corrected chi connectivity index (χ2v) is 4.62. The molecule has 1 atom stereocenters. The third-order valence-corrected chi connectivity index (χ3v) is 3.02. The molecule has 1 aliphatic rings. The fourth-order valence-electron chi connectivity index (χ4n) is 2.12. The Morgan fingerprint density at radius 2 is 1.95 bits per heavy atom. The highest BCUT2D eigenvalue weighted by Gasteiger charge is 2.31. The first-order chi connectivity index (χ1) is 9.35. The van der Waals surface area contributed by atoms with E-state index in [9.17, 15) is 23.1 Å². The molecule has 0 aliphatic carbocycles. The van der Waals surface area contributed by atoms with Gasteiger partial charge in [0.2, 0.25) is 0 Å². The number of nitrogens with zero attached hydrogens (tertiary/aromatic N) is 1. The minimum absolute atomic E-state index is 0.250. The van der Waals surface area contributed by atoms with Crippen molar-refractivity contribution in [3.8, 4) is 5.75 Å². The predicted molar refractivity (Wildman–Crippen MR) is 64.3 cm³/mol. The summed E-state index contributed by atoms with van der Waals surface area (Å²) >= 11 is 0. The van der Waals surface area contributed by atoms with Crippen molar-refractivity contribution in [1.29, 1.82) is 0 Å². The fraction of sp³-hybridized carbons (Fsp3) is 0.462. The average Bonchev–Trinajstić information content (AvgIpc) is 2.37. The number of hydrogen-bond acceptors (Lipinski definition) is 3. The van der Waals surface area contributed by atoms with Crippen molar-refractivity contribution in [1.82, 2.24) is 4.90 Å². The summed E-state index contributed by atoms with van der Waals surface area (Å²) in [4.78, 5) is 13.6. The molecule has 1 aliphatic heterocycles. The monoisotopic (exact) mass is 289 g/mol. The number of likely N-dealkylation sites (tertiary alicyclic amines) is 1. The summed E-state index contributed by atoms with van der Waals surface area (Å²) in [6.07, 6.45) is -3.92. The van der Waals surface area contributed by atoms with Crippen LogP contribution >= 0.6 is 0 Å². The molecule has 110 valence electrons. The Balaban J connectivity index is 2.04. The van der Waals surface area contributed by atoms with Gasteiger partial charge in [-0.15, -0.1) is 13.2 Å². The summed E-state index contributed by atoms with van der Waals surface area (Å²) in [6, 6.07) is 4.76. The maximum absolute atomic E-state index is 12.1. The second-order valence-electron chi connectivity index (χ2n) is 4.62. The first-order valence-corrected chi connectivity index (χ1v) is 6.18. The van der Waals surface area contributed by atoms with Crippen LogP contribution in [0.4, 0.5) is 13.2 Å². The highest BCUT2D eigenvalue weighted by molar-refractivity contribution is 5.94. The summed E-state index contributed by atoms with van der Waals surface area (Å²) < 4.78 is 39.8. The van der Waals surface area contributed by atoms with Crippen LogP contribution in [-0.4, -0.2) is 41.5 Å². The van der Waals surface area contributed by atoms with E-state index in [1.807, 2.05) is 0 Å². The van der Waals surface area contributed by atoms with E-state index in [1.54, 1.807) is 0 Å².